The molecule has 0 fully saturated rings. The van der Waals surface area contributed by atoms with E-state index in [-0.39, 0.29) is 15.5 Å². The second kappa shape index (κ2) is 7.84. The number of hydroxylamine groups is 1. The number of benzene rings is 1. The fraction of sp³-hybridized carbons (Fsp3) is 0.412. The van der Waals surface area contributed by atoms with Crippen LogP contribution in [0, 0.1) is 5.92 Å². The second-order valence-electron chi connectivity index (χ2n) is 6.43. The largest absolute Gasteiger partial charge is 0.298 e. The van der Waals surface area contributed by atoms with Crippen LogP contribution in [-0.2, 0) is 27.7 Å². The summed E-state index contributed by atoms with van der Waals surface area (Å²) in [5, 5.41) is 3.29. The van der Waals surface area contributed by atoms with Crippen molar-refractivity contribution in [1.82, 2.24) is 9.45 Å². The molecule has 1 aliphatic rings. The highest BCUT2D eigenvalue weighted by atomic mass is 35.5. The van der Waals surface area contributed by atoms with Crippen LogP contribution in [0.2, 0.25) is 5.02 Å². The molecule has 0 spiro atoms. The Bertz CT molecular complexity index is 975. The average Bonchev–Trinajstić information content (AvgIpc) is 3.02. The molecule has 7 nitrogen and oxygen atoms in total. The minimum absolute atomic E-state index is 0.00847. The molecule has 1 atom stereocenters. The Morgan fingerprint density at radius 2 is 2.19 bits per heavy atom. The minimum Gasteiger partial charge on any atom is -0.298 e. The highest BCUT2D eigenvalue weighted by molar-refractivity contribution is 7.89. The van der Waals surface area contributed by atoms with Crippen LogP contribution >= 0.6 is 22.9 Å². The number of halogens is 1. The number of hydrogen-bond donors (Lipinski definition) is 1. The minimum atomic E-state index is -3.97. The van der Waals surface area contributed by atoms with Crippen LogP contribution in [0.25, 0.3) is 0 Å². The van der Waals surface area contributed by atoms with Gasteiger partial charge in [-0.2, -0.15) is 0 Å². The molecule has 1 N–H and O–H groups in total. The third-order valence-corrected chi connectivity index (χ3v) is 7.67. The van der Waals surface area contributed by atoms with Gasteiger partial charge in [-0.3, -0.25) is 14.9 Å². The number of hydrogen-bond acceptors (Lipinski definition) is 6. The number of thiazole rings is 1. The van der Waals surface area contributed by atoms with Gasteiger partial charge in [-0.25, -0.2) is 13.4 Å². The summed E-state index contributed by atoms with van der Waals surface area (Å²) in [5.41, 5.74) is 1.21. The first kappa shape index (κ1) is 20.2. The van der Waals surface area contributed by atoms with Crippen molar-refractivity contribution < 1.29 is 18.0 Å². The molecule has 1 heterocycles. The summed E-state index contributed by atoms with van der Waals surface area (Å²) in [5.74, 6) is 0.172. The van der Waals surface area contributed by atoms with Gasteiger partial charge < -0.3 is 0 Å². The third kappa shape index (κ3) is 4.17. The molecule has 1 unspecified atom stereocenters. The molecule has 10 heteroatoms. The lowest BCUT2D eigenvalue weighted by Crippen LogP contribution is -2.26. The van der Waals surface area contributed by atoms with Gasteiger partial charge in [-0.1, -0.05) is 23.0 Å². The fourth-order valence-electron chi connectivity index (χ4n) is 2.84. The summed E-state index contributed by atoms with van der Waals surface area (Å²) in [6.45, 7) is 2.20. The van der Waals surface area contributed by atoms with Gasteiger partial charge in [-0.05, 0) is 43.4 Å². The van der Waals surface area contributed by atoms with Gasteiger partial charge in [0.1, 0.15) is 4.90 Å². The Morgan fingerprint density at radius 1 is 1.44 bits per heavy atom. The summed E-state index contributed by atoms with van der Waals surface area (Å²) in [6.07, 6.45) is 2.97. The molecule has 0 aliphatic heterocycles. The molecule has 1 aliphatic carbocycles. The van der Waals surface area contributed by atoms with Gasteiger partial charge >= 0.3 is 0 Å². The average molecular weight is 430 g/mol. The first-order valence-electron chi connectivity index (χ1n) is 8.35. The number of fused-ring (bicyclic) bond motifs is 1. The van der Waals surface area contributed by atoms with Crippen LogP contribution in [0.3, 0.4) is 0 Å². The van der Waals surface area contributed by atoms with E-state index in [9.17, 15) is 13.2 Å². The van der Waals surface area contributed by atoms with E-state index in [0.717, 1.165) is 25.0 Å². The number of carbonyl (C=O) groups excluding carboxylic acids is 1. The molecule has 0 saturated carbocycles. The first-order valence-corrected chi connectivity index (χ1v) is 11.0. The van der Waals surface area contributed by atoms with Gasteiger partial charge in [0.2, 0.25) is 0 Å². The van der Waals surface area contributed by atoms with Gasteiger partial charge in [0.05, 0.1) is 17.8 Å². The van der Waals surface area contributed by atoms with Crippen LogP contribution in [0.5, 0.6) is 0 Å². The maximum Gasteiger partial charge on any atom is 0.266 e. The van der Waals surface area contributed by atoms with Crippen molar-refractivity contribution in [2.24, 2.45) is 5.92 Å². The number of sulfonamides is 1. The highest BCUT2D eigenvalue weighted by Gasteiger charge is 2.26. The molecule has 1 amide bonds. The predicted molar refractivity (Wildman–Crippen MR) is 105 cm³/mol. The second-order valence-corrected chi connectivity index (χ2v) is 9.83. The number of carbonyl (C=O) groups is 1. The Morgan fingerprint density at radius 3 is 2.89 bits per heavy atom. The summed E-state index contributed by atoms with van der Waals surface area (Å²) in [7, 11) is -1.49. The molecule has 1 aromatic heterocycles. The highest BCUT2D eigenvalue weighted by Crippen LogP contribution is 2.32. The molecular weight excluding hydrogens is 410 g/mol. The van der Waals surface area contributed by atoms with E-state index < -0.39 is 15.9 Å². The van der Waals surface area contributed by atoms with Gasteiger partial charge in [0.25, 0.3) is 15.9 Å². The monoisotopic (exact) mass is 429 g/mol. The molecule has 1 aromatic carbocycles. The summed E-state index contributed by atoms with van der Waals surface area (Å²) in [6, 6.07) is 4.08. The zero-order chi connectivity index (χ0) is 19.8. The lowest BCUT2D eigenvalue weighted by molar-refractivity contribution is -0.0258. The molecule has 2 aromatic rings. The van der Waals surface area contributed by atoms with Gasteiger partial charge in [0, 0.05) is 17.5 Å². The van der Waals surface area contributed by atoms with Gasteiger partial charge in [0.15, 0.2) is 5.13 Å². The zero-order valence-corrected chi connectivity index (χ0v) is 17.5. The topological polar surface area (TPSA) is 88.6 Å². The number of nitrogens with zero attached hydrogens (tertiary/aromatic N) is 2. The smallest absolute Gasteiger partial charge is 0.266 e. The van der Waals surface area contributed by atoms with E-state index in [4.69, 9.17) is 16.4 Å². The fourth-order valence-corrected chi connectivity index (χ4v) is 5.48. The van der Waals surface area contributed by atoms with Crippen LogP contribution < -0.4 is 5.32 Å². The molecule has 146 valence electrons. The van der Waals surface area contributed by atoms with E-state index in [1.165, 1.54) is 48.6 Å². The molecule has 27 heavy (non-hydrogen) atoms. The number of anilines is 1. The molecule has 3 rings (SSSR count). The Labute approximate surface area is 167 Å². The number of amides is 1. The quantitative estimate of drug-likeness (QED) is 0.736. The van der Waals surface area contributed by atoms with Crippen molar-refractivity contribution >= 4 is 44.0 Å². The molecule has 0 radical (unpaired) electrons. The van der Waals surface area contributed by atoms with Crippen molar-refractivity contribution in [2.45, 2.75) is 31.1 Å². The molecule has 0 bridgehead atoms. The summed E-state index contributed by atoms with van der Waals surface area (Å²) < 4.78 is 25.6. The maximum atomic E-state index is 12.6. The van der Waals surface area contributed by atoms with E-state index in [1.54, 1.807) is 0 Å². The number of aryl methyl sites for hydroxylation is 1. The lowest BCUT2D eigenvalue weighted by Gasteiger charge is -2.15. The van der Waals surface area contributed by atoms with E-state index in [2.05, 4.69) is 17.2 Å². The van der Waals surface area contributed by atoms with Crippen LogP contribution in [0.15, 0.2) is 23.1 Å². The van der Waals surface area contributed by atoms with Crippen molar-refractivity contribution in [2.75, 3.05) is 19.5 Å². The Kier molecular flexibility index (Phi) is 5.87. The number of rotatable bonds is 5. The third-order valence-electron chi connectivity index (χ3n) is 4.47. The van der Waals surface area contributed by atoms with E-state index >= 15 is 0 Å². The lowest BCUT2D eigenvalue weighted by atomic mass is 9.93. The van der Waals surface area contributed by atoms with E-state index in [0.29, 0.717) is 15.5 Å². The van der Waals surface area contributed by atoms with Gasteiger partial charge in [-0.15, -0.1) is 11.3 Å². The molecule has 0 saturated heterocycles. The normalized spacial score (nSPS) is 17.0. The maximum absolute atomic E-state index is 12.6. The number of aromatic nitrogens is 1. The van der Waals surface area contributed by atoms with Crippen LogP contribution in [0.1, 0.15) is 34.3 Å². The first-order chi connectivity index (χ1) is 12.7. The Hall–Kier alpha value is -1.52. The van der Waals surface area contributed by atoms with Crippen molar-refractivity contribution in [1.29, 1.82) is 0 Å². The predicted octanol–water partition coefficient (Wildman–Crippen LogP) is 3.36. The SMILES string of the molecule is CON(C)S(=O)(=O)c1cc(C(=O)Nc2nc3c(s2)CC(C)CC3)ccc1Cl. The van der Waals surface area contributed by atoms with Crippen molar-refractivity contribution in [3.63, 3.8) is 0 Å². The summed E-state index contributed by atoms with van der Waals surface area (Å²) >= 11 is 7.49. The van der Waals surface area contributed by atoms with Crippen molar-refractivity contribution in [3.05, 3.63) is 39.4 Å². The standard InChI is InChI=1S/C17H20ClN3O4S2/c1-10-4-7-13-14(8-10)26-17(19-13)20-16(22)11-5-6-12(18)15(9-11)27(23,24)21(2)25-3/h5-6,9-10H,4,7-8H2,1-3H3,(H,19,20,22). The van der Waals surface area contributed by atoms with Crippen molar-refractivity contribution in [3.8, 4) is 0 Å². The van der Waals surface area contributed by atoms with Crippen LogP contribution in [-0.4, -0.2) is 37.9 Å². The zero-order valence-electron chi connectivity index (χ0n) is 15.2. The Balaban J connectivity index is 1.85. The summed E-state index contributed by atoms with van der Waals surface area (Å²) in [4.78, 5) is 22.8. The van der Waals surface area contributed by atoms with E-state index in [1.807, 2.05) is 0 Å². The molecular formula is C17H20ClN3O4S2. The number of nitrogens with one attached hydrogen (secondary N) is 1. The van der Waals surface area contributed by atoms with Crippen LogP contribution in [0.4, 0.5) is 5.13 Å².